The zero-order valence-electron chi connectivity index (χ0n) is 20.2. The number of hydrogen-bond acceptors (Lipinski definition) is 5. The predicted molar refractivity (Wildman–Crippen MR) is 133 cm³/mol. The second kappa shape index (κ2) is 11.1. The van der Waals surface area contributed by atoms with E-state index in [1.165, 1.54) is 30.0 Å². The first-order valence-electron chi connectivity index (χ1n) is 11.7. The van der Waals surface area contributed by atoms with Gasteiger partial charge in [-0.15, -0.1) is 0 Å². The number of amides is 1. The van der Waals surface area contributed by atoms with Gasteiger partial charge in [0, 0.05) is 46.0 Å². The second-order valence-corrected chi connectivity index (χ2v) is 10.8. The molecule has 2 aromatic rings. The quantitative estimate of drug-likeness (QED) is 0.574. The molecule has 33 heavy (non-hydrogen) atoms. The lowest BCUT2D eigenvalue weighted by molar-refractivity contribution is 0.0951. The molecule has 3 rings (SSSR count). The van der Waals surface area contributed by atoms with Crippen molar-refractivity contribution in [1.82, 2.24) is 14.5 Å². The fourth-order valence-corrected chi connectivity index (χ4v) is 4.98. The average molecular weight is 473 g/mol. The summed E-state index contributed by atoms with van der Waals surface area (Å²) in [6, 6.07) is 13.1. The lowest BCUT2D eigenvalue weighted by Crippen LogP contribution is -2.28. The Hall–Kier alpha value is -2.42. The van der Waals surface area contributed by atoms with Gasteiger partial charge in [-0.05, 0) is 55.3 Å². The van der Waals surface area contributed by atoms with Crippen molar-refractivity contribution in [2.75, 3.05) is 45.2 Å². The van der Waals surface area contributed by atoms with Gasteiger partial charge in [0.15, 0.2) is 0 Å². The van der Waals surface area contributed by atoms with Crippen LogP contribution in [0.5, 0.6) is 0 Å². The molecular weight excluding hydrogens is 436 g/mol. The summed E-state index contributed by atoms with van der Waals surface area (Å²) in [5, 5.41) is 2.99. The summed E-state index contributed by atoms with van der Waals surface area (Å²) >= 11 is 0. The molecule has 8 heteroatoms. The van der Waals surface area contributed by atoms with Gasteiger partial charge in [-0.3, -0.25) is 9.69 Å². The molecule has 1 aliphatic rings. The molecule has 0 aromatic heterocycles. The van der Waals surface area contributed by atoms with E-state index < -0.39 is 10.0 Å². The van der Waals surface area contributed by atoms with E-state index >= 15 is 0 Å². The third-order valence-electron chi connectivity index (χ3n) is 6.21. The van der Waals surface area contributed by atoms with Gasteiger partial charge in [-0.1, -0.05) is 38.1 Å². The molecule has 1 amide bonds. The number of sulfonamides is 1. The Labute approximate surface area is 198 Å². The van der Waals surface area contributed by atoms with Crippen molar-refractivity contribution in [2.24, 2.45) is 0 Å². The van der Waals surface area contributed by atoms with Gasteiger partial charge < -0.3 is 10.2 Å². The number of benzene rings is 2. The van der Waals surface area contributed by atoms with Crippen LogP contribution in [0.4, 0.5) is 5.69 Å². The molecule has 1 N–H and O–H groups in total. The largest absolute Gasteiger partial charge is 0.371 e. The normalized spacial score (nSPS) is 14.3. The van der Waals surface area contributed by atoms with Gasteiger partial charge in [-0.2, -0.15) is 0 Å². The number of anilines is 1. The van der Waals surface area contributed by atoms with Crippen molar-refractivity contribution in [3.05, 3.63) is 59.2 Å². The molecule has 0 unspecified atom stereocenters. The molecule has 2 aromatic carbocycles. The summed E-state index contributed by atoms with van der Waals surface area (Å²) in [7, 11) is -0.642. The molecule has 0 spiro atoms. The Kier molecular flexibility index (Phi) is 8.51. The van der Waals surface area contributed by atoms with Crippen LogP contribution in [0, 0.1) is 0 Å². The summed E-state index contributed by atoms with van der Waals surface area (Å²) in [6.45, 7) is 9.36. The van der Waals surface area contributed by atoms with Gasteiger partial charge in [0.2, 0.25) is 10.0 Å². The number of rotatable bonds is 10. The van der Waals surface area contributed by atoms with Crippen LogP contribution in [0.1, 0.15) is 48.2 Å². The van der Waals surface area contributed by atoms with Crippen LogP contribution in [0.15, 0.2) is 47.4 Å². The van der Waals surface area contributed by atoms with E-state index in [-0.39, 0.29) is 10.8 Å². The van der Waals surface area contributed by atoms with Crippen molar-refractivity contribution in [3.8, 4) is 0 Å². The van der Waals surface area contributed by atoms with Crippen molar-refractivity contribution >= 4 is 21.6 Å². The predicted octanol–water partition coefficient (Wildman–Crippen LogP) is 3.31. The zero-order chi connectivity index (χ0) is 24.0. The van der Waals surface area contributed by atoms with Crippen LogP contribution >= 0.6 is 0 Å². The van der Waals surface area contributed by atoms with Crippen molar-refractivity contribution in [1.29, 1.82) is 0 Å². The molecule has 0 aliphatic carbocycles. The number of hydrogen-bond donors (Lipinski definition) is 1. The Morgan fingerprint density at radius 3 is 2.15 bits per heavy atom. The minimum atomic E-state index is -3.63. The minimum Gasteiger partial charge on any atom is -0.371 e. The molecule has 0 bridgehead atoms. The average Bonchev–Trinajstić information content (AvgIpc) is 3.36. The molecule has 1 fully saturated rings. The number of nitrogens with one attached hydrogen (secondary N) is 1. The maximum atomic E-state index is 13.2. The Morgan fingerprint density at radius 1 is 0.970 bits per heavy atom. The zero-order valence-corrected chi connectivity index (χ0v) is 21.0. The minimum absolute atomic E-state index is 0.126. The number of carbonyl (C=O) groups excluding carboxylic acids is 1. The van der Waals surface area contributed by atoms with Gasteiger partial charge in [-0.25, -0.2) is 12.7 Å². The third kappa shape index (κ3) is 6.13. The first-order chi connectivity index (χ1) is 15.8. The lowest BCUT2D eigenvalue weighted by Gasteiger charge is -2.22. The third-order valence-corrected chi connectivity index (χ3v) is 8.03. The first kappa shape index (κ1) is 25.2. The fourth-order valence-electron chi connectivity index (χ4n) is 4.05. The van der Waals surface area contributed by atoms with Crippen LogP contribution in [0.25, 0.3) is 0 Å². The standard InChI is InChI=1S/C25H36N4O3S/c1-5-28(6-2)19-21-11-9-20(10-12-21)18-26-25(30)23-17-22(33(31,32)27(3)4)13-14-24(23)29-15-7-8-16-29/h9-14,17H,5-8,15-16,18-19H2,1-4H3,(H,26,30). The summed E-state index contributed by atoms with van der Waals surface area (Å²) < 4.78 is 26.5. The van der Waals surface area contributed by atoms with E-state index in [9.17, 15) is 13.2 Å². The van der Waals surface area contributed by atoms with Gasteiger partial charge >= 0.3 is 0 Å². The molecule has 0 radical (unpaired) electrons. The summed E-state index contributed by atoms with van der Waals surface area (Å²) in [5.74, 6) is -0.264. The highest BCUT2D eigenvalue weighted by Gasteiger charge is 2.24. The van der Waals surface area contributed by atoms with E-state index in [4.69, 9.17) is 0 Å². The Bertz CT molecular complexity index is 1040. The van der Waals surface area contributed by atoms with E-state index in [0.717, 1.165) is 56.8 Å². The van der Waals surface area contributed by atoms with Gasteiger partial charge in [0.25, 0.3) is 5.91 Å². The maximum Gasteiger partial charge on any atom is 0.253 e. The van der Waals surface area contributed by atoms with Crippen molar-refractivity contribution < 1.29 is 13.2 Å². The van der Waals surface area contributed by atoms with E-state index in [2.05, 4.69) is 41.1 Å². The Morgan fingerprint density at radius 2 is 1.58 bits per heavy atom. The van der Waals surface area contributed by atoms with Crippen LogP contribution < -0.4 is 10.2 Å². The van der Waals surface area contributed by atoms with Crippen LogP contribution in [-0.4, -0.2) is 63.8 Å². The molecule has 1 aliphatic heterocycles. The maximum absolute atomic E-state index is 13.2. The SMILES string of the molecule is CCN(CC)Cc1ccc(CNC(=O)c2cc(S(=O)(=O)N(C)C)ccc2N2CCCC2)cc1. The number of carbonyl (C=O) groups is 1. The molecule has 7 nitrogen and oxygen atoms in total. The van der Waals surface area contributed by atoms with E-state index in [1.54, 1.807) is 12.1 Å². The Balaban J connectivity index is 1.77. The molecule has 1 saturated heterocycles. The molecule has 0 atom stereocenters. The van der Waals surface area contributed by atoms with Crippen LogP contribution in [0.3, 0.4) is 0 Å². The summed E-state index contributed by atoms with van der Waals surface area (Å²) in [6.07, 6.45) is 2.14. The van der Waals surface area contributed by atoms with Gasteiger partial charge in [0.1, 0.15) is 0 Å². The number of nitrogens with zero attached hydrogens (tertiary/aromatic N) is 3. The topological polar surface area (TPSA) is 73.0 Å². The second-order valence-electron chi connectivity index (χ2n) is 8.62. The fraction of sp³-hybridized carbons (Fsp3) is 0.480. The first-order valence-corrected chi connectivity index (χ1v) is 13.1. The summed E-state index contributed by atoms with van der Waals surface area (Å²) in [4.78, 5) is 17.8. The molecule has 0 saturated carbocycles. The van der Waals surface area contributed by atoms with Crippen molar-refractivity contribution in [3.63, 3.8) is 0 Å². The highest BCUT2D eigenvalue weighted by Crippen LogP contribution is 2.28. The smallest absolute Gasteiger partial charge is 0.253 e. The van der Waals surface area contributed by atoms with Crippen LogP contribution in [0.2, 0.25) is 0 Å². The van der Waals surface area contributed by atoms with Crippen molar-refractivity contribution in [2.45, 2.75) is 44.7 Å². The van der Waals surface area contributed by atoms with Gasteiger partial charge in [0.05, 0.1) is 10.5 Å². The molecule has 1 heterocycles. The molecular formula is C25H36N4O3S. The highest BCUT2D eigenvalue weighted by molar-refractivity contribution is 7.89. The van der Waals surface area contributed by atoms with Crippen LogP contribution in [-0.2, 0) is 23.1 Å². The highest BCUT2D eigenvalue weighted by atomic mass is 32.2. The van der Waals surface area contributed by atoms with E-state index in [1.807, 2.05) is 12.1 Å². The lowest BCUT2D eigenvalue weighted by atomic mass is 10.1. The molecule has 180 valence electrons. The van der Waals surface area contributed by atoms with E-state index in [0.29, 0.717) is 12.1 Å². The summed E-state index contributed by atoms with van der Waals surface area (Å²) in [5.41, 5.74) is 3.44. The monoisotopic (exact) mass is 472 g/mol.